The first-order chi connectivity index (χ1) is 13.8. The van der Waals surface area contributed by atoms with Crippen molar-refractivity contribution in [3.63, 3.8) is 0 Å². The molecule has 0 spiro atoms. The van der Waals surface area contributed by atoms with Gasteiger partial charge in [0.05, 0.1) is 23.4 Å². The fourth-order valence-electron chi connectivity index (χ4n) is 3.05. The number of nitrogens with two attached hydrogens (primary N) is 1. The molecular weight excluding hydrogens is 388 g/mol. The Labute approximate surface area is 174 Å². The number of aromatic nitrogens is 4. The summed E-state index contributed by atoms with van der Waals surface area (Å²) in [5, 5.41) is 7.60. The third-order valence-corrected chi connectivity index (χ3v) is 5.63. The molecule has 0 atom stereocenters. The molecule has 3 rings (SSSR count). The molecular formula is C20H26N6O2S. The van der Waals surface area contributed by atoms with Crippen LogP contribution in [0.15, 0.2) is 23.6 Å². The molecule has 1 amide bonds. The van der Waals surface area contributed by atoms with Crippen LogP contribution in [0.1, 0.15) is 46.6 Å². The number of nitrogens with zero attached hydrogens (tertiary/aromatic N) is 5. The van der Waals surface area contributed by atoms with Crippen LogP contribution in [-0.2, 0) is 20.1 Å². The first-order valence-electron chi connectivity index (χ1n) is 9.29. The Bertz CT molecular complexity index is 1010. The van der Waals surface area contributed by atoms with Crippen LogP contribution in [0.25, 0.3) is 11.4 Å². The fourth-order valence-corrected chi connectivity index (χ4v) is 3.87. The fraction of sp³-hybridized carbons (Fsp3) is 0.400. The molecule has 0 saturated heterocycles. The van der Waals surface area contributed by atoms with Crippen molar-refractivity contribution in [2.75, 3.05) is 14.2 Å². The largest absolute Gasteiger partial charge is 0.496 e. The summed E-state index contributed by atoms with van der Waals surface area (Å²) in [6.07, 6.45) is 0. The van der Waals surface area contributed by atoms with Crippen LogP contribution in [0, 0.1) is 0 Å². The molecule has 0 aliphatic carbocycles. The number of primary amides is 1. The maximum absolute atomic E-state index is 11.5. The van der Waals surface area contributed by atoms with E-state index in [0.29, 0.717) is 17.5 Å². The number of aryl methyl sites for hydroxylation is 1. The first kappa shape index (κ1) is 20.9. The van der Waals surface area contributed by atoms with Crippen molar-refractivity contribution in [3.8, 4) is 17.1 Å². The normalized spacial score (nSPS) is 11.4. The van der Waals surface area contributed by atoms with Crippen molar-refractivity contribution in [3.05, 3.63) is 45.7 Å². The van der Waals surface area contributed by atoms with Crippen molar-refractivity contribution in [2.45, 2.75) is 32.9 Å². The number of thiazole rings is 1. The highest BCUT2D eigenvalue weighted by atomic mass is 32.1. The second-order valence-electron chi connectivity index (χ2n) is 7.29. The summed E-state index contributed by atoms with van der Waals surface area (Å²) in [6, 6.07) is 5.88. The molecule has 1 aromatic carbocycles. The van der Waals surface area contributed by atoms with Crippen LogP contribution in [0.3, 0.4) is 0 Å². The van der Waals surface area contributed by atoms with Crippen LogP contribution in [0.5, 0.6) is 5.75 Å². The standard InChI is InChI=1S/C20H26N6O2S/c1-12(2)20-22-14(11-29-20)10-25(3)9-13-6-7-16(28-5)15(8-13)18-23-19(17(21)27)26(4)24-18/h6-8,11-12H,9-10H2,1-5H3,(H2,21,27). The smallest absolute Gasteiger partial charge is 0.286 e. The number of carbonyl (C=O) groups excluding carboxylic acids is 1. The molecule has 0 fully saturated rings. The zero-order chi connectivity index (χ0) is 21.1. The van der Waals surface area contributed by atoms with Gasteiger partial charge in [-0.2, -0.15) is 5.10 Å². The summed E-state index contributed by atoms with van der Waals surface area (Å²) in [7, 11) is 5.29. The molecule has 2 heterocycles. The summed E-state index contributed by atoms with van der Waals surface area (Å²) in [6.45, 7) is 5.79. The van der Waals surface area contributed by atoms with Gasteiger partial charge >= 0.3 is 0 Å². The third-order valence-electron chi connectivity index (χ3n) is 4.44. The molecule has 29 heavy (non-hydrogen) atoms. The van der Waals surface area contributed by atoms with Gasteiger partial charge in [-0.3, -0.25) is 9.69 Å². The van der Waals surface area contributed by atoms with Crippen molar-refractivity contribution < 1.29 is 9.53 Å². The van der Waals surface area contributed by atoms with E-state index in [0.717, 1.165) is 34.9 Å². The molecule has 3 aromatic rings. The summed E-state index contributed by atoms with van der Waals surface area (Å²) in [5.74, 6) is 0.974. The molecule has 0 unspecified atom stereocenters. The topological polar surface area (TPSA) is 99.2 Å². The summed E-state index contributed by atoms with van der Waals surface area (Å²) < 4.78 is 6.84. The molecule has 0 aliphatic rings. The number of amides is 1. The summed E-state index contributed by atoms with van der Waals surface area (Å²) in [5.41, 5.74) is 8.24. The van der Waals surface area contributed by atoms with Gasteiger partial charge < -0.3 is 10.5 Å². The Morgan fingerprint density at radius 3 is 2.66 bits per heavy atom. The second kappa shape index (κ2) is 8.71. The predicted molar refractivity (Wildman–Crippen MR) is 113 cm³/mol. The zero-order valence-electron chi connectivity index (χ0n) is 17.3. The van der Waals surface area contributed by atoms with E-state index in [1.807, 2.05) is 18.2 Å². The van der Waals surface area contributed by atoms with Crippen LogP contribution in [0.2, 0.25) is 0 Å². The number of ether oxygens (including phenoxy) is 1. The second-order valence-corrected chi connectivity index (χ2v) is 8.18. The summed E-state index contributed by atoms with van der Waals surface area (Å²) in [4.78, 5) is 22.7. The van der Waals surface area contributed by atoms with Gasteiger partial charge in [-0.25, -0.2) is 14.6 Å². The van der Waals surface area contributed by atoms with Crippen molar-refractivity contribution in [1.29, 1.82) is 0 Å². The lowest BCUT2D eigenvalue weighted by atomic mass is 10.1. The van der Waals surface area contributed by atoms with E-state index in [1.165, 1.54) is 4.68 Å². The highest BCUT2D eigenvalue weighted by molar-refractivity contribution is 7.09. The lowest BCUT2D eigenvalue weighted by Crippen LogP contribution is -2.17. The van der Waals surface area contributed by atoms with E-state index in [2.05, 4.69) is 41.3 Å². The van der Waals surface area contributed by atoms with Crippen LogP contribution in [0.4, 0.5) is 0 Å². The molecule has 0 bridgehead atoms. The zero-order valence-corrected chi connectivity index (χ0v) is 18.2. The SMILES string of the molecule is COc1ccc(CN(C)Cc2csc(C(C)C)n2)cc1-c1nc(C(N)=O)n(C)n1. The van der Waals surface area contributed by atoms with Gasteiger partial charge in [-0.15, -0.1) is 11.3 Å². The van der Waals surface area contributed by atoms with E-state index in [4.69, 9.17) is 15.5 Å². The first-order valence-corrected chi connectivity index (χ1v) is 10.2. The molecule has 2 N–H and O–H groups in total. The van der Waals surface area contributed by atoms with Gasteiger partial charge in [0.2, 0.25) is 5.82 Å². The molecule has 0 aliphatic heterocycles. The Kier molecular flexibility index (Phi) is 6.29. The minimum atomic E-state index is -0.620. The summed E-state index contributed by atoms with van der Waals surface area (Å²) >= 11 is 1.71. The van der Waals surface area contributed by atoms with Gasteiger partial charge in [0.1, 0.15) is 5.75 Å². The number of carbonyl (C=O) groups is 1. The van der Waals surface area contributed by atoms with E-state index < -0.39 is 5.91 Å². The maximum atomic E-state index is 11.5. The monoisotopic (exact) mass is 414 g/mol. The number of hydrogen-bond acceptors (Lipinski definition) is 7. The van der Waals surface area contributed by atoms with Crippen molar-refractivity contribution >= 4 is 17.2 Å². The van der Waals surface area contributed by atoms with Crippen molar-refractivity contribution in [1.82, 2.24) is 24.6 Å². The highest BCUT2D eigenvalue weighted by Crippen LogP contribution is 2.29. The van der Waals surface area contributed by atoms with Crippen LogP contribution >= 0.6 is 11.3 Å². The lowest BCUT2D eigenvalue weighted by Gasteiger charge is -2.16. The van der Waals surface area contributed by atoms with E-state index in [9.17, 15) is 4.79 Å². The maximum Gasteiger partial charge on any atom is 0.286 e. The molecule has 154 valence electrons. The van der Waals surface area contributed by atoms with Crippen molar-refractivity contribution in [2.24, 2.45) is 12.8 Å². The van der Waals surface area contributed by atoms with Gasteiger partial charge in [-0.1, -0.05) is 19.9 Å². The predicted octanol–water partition coefficient (Wildman–Crippen LogP) is 2.80. The molecule has 8 nitrogen and oxygen atoms in total. The van der Waals surface area contributed by atoms with Gasteiger partial charge in [0, 0.05) is 31.4 Å². The third kappa shape index (κ3) is 4.80. The Morgan fingerprint density at radius 2 is 2.07 bits per heavy atom. The van der Waals surface area contributed by atoms with Crippen LogP contribution < -0.4 is 10.5 Å². The Balaban J connectivity index is 1.80. The van der Waals surface area contributed by atoms with E-state index in [1.54, 1.807) is 25.5 Å². The lowest BCUT2D eigenvalue weighted by molar-refractivity contribution is 0.0986. The van der Waals surface area contributed by atoms with E-state index in [-0.39, 0.29) is 5.82 Å². The number of rotatable bonds is 8. The average Bonchev–Trinajstić information content (AvgIpc) is 3.28. The van der Waals surface area contributed by atoms with Gasteiger partial charge in [-0.05, 0) is 24.7 Å². The average molecular weight is 415 g/mol. The Morgan fingerprint density at radius 1 is 1.31 bits per heavy atom. The molecule has 0 saturated carbocycles. The quantitative estimate of drug-likeness (QED) is 0.608. The molecule has 2 aromatic heterocycles. The molecule has 0 radical (unpaired) electrons. The Hall–Kier alpha value is -2.78. The minimum absolute atomic E-state index is 0.106. The van der Waals surface area contributed by atoms with E-state index >= 15 is 0 Å². The number of methoxy groups -OCH3 is 1. The van der Waals surface area contributed by atoms with Crippen LogP contribution in [-0.4, -0.2) is 44.7 Å². The number of benzene rings is 1. The minimum Gasteiger partial charge on any atom is -0.496 e. The molecule has 9 heteroatoms. The number of hydrogen-bond donors (Lipinski definition) is 1. The van der Waals surface area contributed by atoms with Gasteiger partial charge in [0.15, 0.2) is 5.82 Å². The highest BCUT2D eigenvalue weighted by Gasteiger charge is 2.17. The van der Waals surface area contributed by atoms with Gasteiger partial charge in [0.25, 0.3) is 5.91 Å².